The highest BCUT2D eigenvalue weighted by Crippen LogP contribution is 2.28. The fourth-order valence-corrected chi connectivity index (χ4v) is 2.91. The summed E-state index contributed by atoms with van der Waals surface area (Å²) in [4.78, 5) is 14.9. The predicted octanol–water partition coefficient (Wildman–Crippen LogP) is 4.29. The molecule has 0 fully saturated rings. The van der Waals surface area contributed by atoms with E-state index in [0.717, 1.165) is 18.4 Å². The van der Waals surface area contributed by atoms with Gasteiger partial charge in [-0.05, 0) is 66.6 Å². The van der Waals surface area contributed by atoms with Gasteiger partial charge in [0, 0.05) is 11.5 Å². The minimum Gasteiger partial charge on any atom is -0.493 e. The van der Waals surface area contributed by atoms with Crippen molar-refractivity contribution in [2.24, 2.45) is 5.11 Å². The van der Waals surface area contributed by atoms with Crippen molar-refractivity contribution in [1.29, 1.82) is 0 Å². The van der Waals surface area contributed by atoms with E-state index in [4.69, 9.17) is 15.0 Å². The first-order chi connectivity index (χ1) is 14.0. The quantitative estimate of drug-likeness (QED) is 0.265. The van der Waals surface area contributed by atoms with Crippen LogP contribution in [0.3, 0.4) is 0 Å². The zero-order valence-corrected chi connectivity index (χ0v) is 17.3. The van der Waals surface area contributed by atoms with Crippen LogP contribution >= 0.6 is 0 Å². The normalized spacial score (nSPS) is 10.2. The second kappa shape index (κ2) is 11.6. The highest BCUT2D eigenvalue weighted by molar-refractivity contribution is 5.78. The van der Waals surface area contributed by atoms with Crippen LogP contribution in [0.25, 0.3) is 10.4 Å². The Labute approximate surface area is 171 Å². The highest BCUT2D eigenvalue weighted by Gasteiger charge is 2.09. The van der Waals surface area contributed by atoms with Crippen molar-refractivity contribution >= 4 is 5.91 Å². The predicted molar refractivity (Wildman–Crippen MR) is 113 cm³/mol. The number of amides is 1. The zero-order valence-electron chi connectivity index (χ0n) is 17.3. The molecule has 154 valence electrons. The van der Waals surface area contributed by atoms with Gasteiger partial charge in [0.1, 0.15) is 0 Å². The zero-order chi connectivity index (χ0) is 21.1. The first kappa shape index (κ1) is 22.1. The number of nitrogens with one attached hydrogen (secondary N) is 1. The summed E-state index contributed by atoms with van der Waals surface area (Å²) in [5, 5.41) is 6.39. The van der Waals surface area contributed by atoms with Crippen LogP contribution in [0.2, 0.25) is 0 Å². The molecule has 0 aromatic heterocycles. The Morgan fingerprint density at radius 3 is 2.62 bits per heavy atom. The summed E-state index contributed by atoms with van der Waals surface area (Å²) < 4.78 is 10.9. The summed E-state index contributed by atoms with van der Waals surface area (Å²) in [7, 11) is 1.55. The van der Waals surface area contributed by atoms with Crippen LogP contribution in [0.5, 0.6) is 11.5 Å². The van der Waals surface area contributed by atoms with Gasteiger partial charge in [0.25, 0.3) is 0 Å². The molecule has 2 aromatic carbocycles. The summed E-state index contributed by atoms with van der Waals surface area (Å²) in [6.07, 6.45) is 2.12. The van der Waals surface area contributed by atoms with Gasteiger partial charge in [-0.3, -0.25) is 4.79 Å². The van der Waals surface area contributed by atoms with E-state index in [2.05, 4.69) is 47.4 Å². The molecule has 1 amide bonds. The molecule has 0 aliphatic rings. The molecule has 29 heavy (non-hydrogen) atoms. The van der Waals surface area contributed by atoms with Crippen molar-refractivity contribution in [3.63, 3.8) is 0 Å². The van der Waals surface area contributed by atoms with Gasteiger partial charge >= 0.3 is 0 Å². The molecule has 7 nitrogen and oxygen atoms in total. The minimum absolute atomic E-state index is 0.0239. The van der Waals surface area contributed by atoms with E-state index >= 15 is 0 Å². The molecular formula is C22H28N4O3. The molecule has 0 saturated heterocycles. The molecule has 0 unspecified atom stereocenters. The second-order valence-electron chi connectivity index (χ2n) is 6.84. The highest BCUT2D eigenvalue weighted by atomic mass is 16.5. The fourth-order valence-electron chi connectivity index (χ4n) is 2.91. The van der Waals surface area contributed by atoms with Crippen molar-refractivity contribution in [2.75, 3.05) is 26.8 Å². The number of azide groups is 1. The molecular weight excluding hydrogens is 368 g/mol. The standard InChI is InChI=1S/C22H28N4O3/c1-16-6-7-18(13-17(16)2)5-4-10-24-22(27)15-19-8-9-20(21(14-19)28-3)29-12-11-25-26-23/h6-9,13-14H,4-5,10-12,15H2,1-3H3,(H,24,27). The lowest BCUT2D eigenvalue weighted by molar-refractivity contribution is -0.120. The van der Waals surface area contributed by atoms with Crippen LogP contribution in [-0.4, -0.2) is 32.7 Å². The molecule has 0 aliphatic carbocycles. The van der Waals surface area contributed by atoms with Gasteiger partial charge in [-0.25, -0.2) is 0 Å². The lowest BCUT2D eigenvalue weighted by Crippen LogP contribution is -2.26. The first-order valence-electron chi connectivity index (χ1n) is 9.67. The summed E-state index contributed by atoms with van der Waals surface area (Å²) in [5.41, 5.74) is 13.0. The SMILES string of the molecule is COc1cc(CC(=O)NCCCc2ccc(C)c(C)c2)ccc1OCCN=[N+]=[N-]. The van der Waals surface area contributed by atoms with Gasteiger partial charge in [-0.1, -0.05) is 29.4 Å². The molecule has 0 aliphatic heterocycles. The molecule has 0 bridgehead atoms. The summed E-state index contributed by atoms with van der Waals surface area (Å²) in [6, 6.07) is 11.9. The molecule has 0 saturated carbocycles. The van der Waals surface area contributed by atoms with Gasteiger partial charge in [-0.15, -0.1) is 0 Å². The van der Waals surface area contributed by atoms with Gasteiger partial charge in [-0.2, -0.15) is 0 Å². The van der Waals surface area contributed by atoms with Crippen LogP contribution in [0.4, 0.5) is 0 Å². The lowest BCUT2D eigenvalue weighted by Gasteiger charge is -2.12. The molecule has 0 radical (unpaired) electrons. The molecule has 2 rings (SSSR count). The van der Waals surface area contributed by atoms with Gasteiger partial charge in [0.2, 0.25) is 5.91 Å². The summed E-state index contributed by atoms with van der Waals surface area (Å²) >= 11 is 0. The smallest absolute Gasteiger partial charge is 0.224 e. The van der Waals surface area contributed by atoms with E-state index in [1.807, 2.05) is 6.07 Å². The average molecular weight is 396 g/mol. The molecule has 7 heteroatoms. The number of hydrogen-bond donors (Lipinski definition) is 1. The molecule has 1 N–H and O–H groups in total. The third-order valence-corrected chi connectivity index (χ3v) is 4.64. The molecule has 0 atom stereocenters. The molecule has 0 heterocycles. The average Bonchev–Trinajstić information content (AvgIpc) is 2.72. The van der Waals surface area contributed by atoms with Crippen molar-refractivity contribution in [3.8, 4) is 11.5 Å². The maximum absolute atomic E-state index is 12.2. The van der Waals surface area contributed by atoms with Crippen molar-refractivity contribution in [1.82, 2.24) is 5.32 Å². The Balaban J connectivity index is 1.78. The van der Waals surface area contributed by atoms with Crippen molar-refractivity contribution in [2.45, 2.75) is 33.1 Å². The van der Waals surface area contributed by atoms with Gasteiger partial charge < -0.3 is 14.8 Å². The number of carbonyl (C=O) groups is 1. The van der Waals surface area contributed by atoms with Crippen LogP contribution in [0.15, 0.2) is 41.5 Å². The van der Waals surface area contributed by atoms with E-state index in [-0.39, 0.29) is 25.5 Å². The Morgan fingerprint density at radius 1 is 1.10 bits per heavy atom. The minimum atomic E-state index is -0.0239. The summed E-state index contributed by atoms with van der Waals surface area (Å²) in [5.74, 6) is 1.08. The molecule has 2 aromatic rings. The van der Waals surface area contributed by atoms with Gasteiger partial charge in [0.05, 0.1) is 26.7 Å². The number of aryl methyl sites for hydroxylation is 3. The Bertz CT molecular complexity index is 876. The number of ether oxygens (including phenoxy) is 2. The van der Waals surface area contributed by atoms with E-state index in [1.165, 1.54) is 16.7 Å². The van der Waals surface area contributed by atoms with E-state index in [0.29, 0.717) is 18.0 Å². The second-order valence-corrected chi connectivity index (χ2v) is 6.84. The lowest BCUT2D eigenvalue weighted by atomic mass is 10.0. The Hall–Kier alpha value is -3.18. The third-order valence-electron chi connectivity index (χ3n) is 4.64. The summed E-state index contributed by atoms with van der Waals surface area (Å²) in [6.45, 7) is 5.37. The number of rotatable bonds is 11. The van der Waals surface area contributed by atoms with Crippen LogP contribution in [-0.2, 0) is 17.6 Å². The number of carbonyl (C=O) groups excluding carboxylic acids is 1. The third kappa shape index (κ3) is 7.39. The maximum atomic E-state index is 12.2. The van der Waals surface area contributed by atoms with Crippen molar-refractivity contribution in [3.05, 3.63) is 69.1 Å². The van der Waals surface area contributed by atoms with Crippen LogP contribution in [0, 0.1) is 13.8 Å². The van der Waals surface area contributed by atoms with Crippen LogP contribution in [0.1, 0.15) is 28.7 Å². The van der Waals surface area contributed by atoms with Crippen LogP contribution < -0.4 is 14.8 Å². The number of nitrogens with zero attached hydrogens (tertiary/aromatic N) is 3. The number of hydrogen-bond acceptors (Lipinski definition) is 4. The maximum Gasteiger partial charge on any atom is 0.224 e. The topological polar surface area (TPSA) is 96.3 Å². The number of methoxy groups -OCH3 is 1. The van der Waals surface area contributed by atoms with E-state index < -0.39 is 0 Å². The molecule has 0 spiro atoms. The first-order valence-corrected chi connectivity index (χ1v) is 9.67. The van der Waals surface area contributed by atoms with Gasteiger partial charge in [0.15, 0.2) is 11.5 Å². The Kier molecular flexibility index (Phi) is 8.86. The largest absolute Gasteiger partial charge is 0.493 e. The Morgan fingerprint density at radius 2 is 1.90 bits per heavy atom. The fraction of sp³-hybridized carbons (Fsp3) is 0.409. The van der Waals surface area contributed by atoms with E-state index in [1.54, 1.807) is 19.2 Å². The van der Waals surface area contributed by atoms with E-state index in [9.17, 15) is 4.79 Å². The number of benzene rings is 2. The monoisotopic (exact) mass is 396 g/mol. The van der Waals surface area contributed by atoms with Crippen molar-refractivity contribution < 1.29 is 14.3 Å².